The number of nitrogens with two attached hydrogens (primary N) is 1. The SMILES string of the molecule is Nc1cc(CBr)c(C(F)F)nc1Cl. The first-order valence-corrected chi connectivity index (χ1v) is 4.85. The maximum atomic E-state index is 12.3. The lowest BCUT2D eigenvalue weighted by Crippen LogP contribution is -2.00. The zero-order chi connectivity index (χ0) is 10.0. The number of aromatic nitrogens is 1. The molecule has 0 saturated heterocycles. The average molecular weight is 271 g/mol. The van der Waals surface area contributed by atoms with E-state index in [9.17, 15) is 8.78 Å². The van der Waals surface area contributed by atoms with Gasteiger partial charge in [-0.15, -0.1) is 0 Å². The highest BCUT2D eigenvalue weighted by Gasteiger charge is 2.16. The van der Waals surface area contributed by atoms with Crippen LogP contribution in [0, 0.1) is 0 Å². The molecule has 0 aliphatic rings. The van der Waals surface area contributed by atoms with Gasteiger partial charge in [0.25, 0.3) is 6.43 Å². The number of nitrogen functional groups attached to an aromatic ring is 1. The van der Waals surface area contributed by atoms with E-state index >= 15 is 0 Å². The molecule has 1 rings (SSSR count). The number of alkyl halides is 3. The molecule has 0 bridgehead atoms. The van der Waals surface area contributed by atoms with Crippen LogP contribution in [0.4, 0.5) is 14.5 Å². The Balaban J connectivity index is 3.25. The van der Waals surface area contributed by atoms with Gasteiger partial charge in [-0.3, -0.25) is 0 Å². The molecule has 1 aromatic rings. The van der Waals surface area contributed by atoms with Crippen LogP contribution in [0.25, 0.3) is 0 Å². The van der Waals surface area contributed by atoms with E-state index < -0.39 is 6.43 Å². The minimum absolute atomic E-state index is 0.0833. The van der Waals surface area contributed by atoms with Gasteiger partial charge in [0.2, 0.25) is 0 Å². The Morgan fingerprint density at radius 3 is 2.69 bits per heavy atom. The summed E-state index contributed by atoms with van der Waals surface area (Å²) in [5, 5.41) is 0.195. The standard InChI is InChI=1S/C7H6BrClF2N2/c8-2-3-1-4(12)6(9)13-5(3)7(10)11/h1,7H,2,12H2. The van der Waals surface area contributed by atoms with Crippen LogP contribution in [0.3, 0.4) is 0 Å². The highest BCUT2D eigenvalue weighted by atomic mass is 79.9. The summed E-state index contributed by atoms with van der Waals surface area (Å²) in [5.74, 6) is 0. The van der Waals surface area contributed by atoms with E-state index in [-0.39, 0.29) is 21.9 Å². The molecule has 0 aliphatic heterocycles. The normalized spacial score (nSPS) is 10.8. The fourth-order valence-electron chi connectivity index (χ4n) is 0.859. The Bertz CT molecular complexity index is 320. The third-order valence-electron chi connectivity index (χ3n) is 1.47. The van der Waals surface area contributed by atoms with E-state index in [1.54, 1.807) is 0 Å². The minimum Gasteiger partial charge on any atom is -0.396 e. The van der Waals surface area contributed by atoms with Crippen molar-refractivity contribution < 1.29 is 8.78 Å². The van der Waals surface area contributed by atoms with Crippen LogP contribution >= 0.6 is 27.5 Å². The lowest BCUT2D eigenvalue weighted by Gasteiger charge is -2.07. The second-order valence-corrected chi connectivity index (χ2v) is 3.27. The van der Waals surface area contributed by atoms with Crippen LogP contribution in [0.1, 0.15) is 17.7 Å². The fourth-order valence-corrected chi connectivity index (χ4v) is 1.45. The van der Waals surface area contributed by atoms with E-state index in [1.165, 1.54) is 6.07 Å². The van der Waals surface area contributed by atoms with Gasteiger partial charge < -0.3 is 5.73 Å². The van der Waals surface area contributed by atoms with Gasteiger partial charge in [-0.25, -0.2) is 13.8 Å². The van der Waals surface area contributed by atoms with Crippen molar-refractivity contribution in [2.24, 2.45) is 0 Å². The van der Waals surface area contributed by atoms with Gasteiger partial charge in [0, 0.05) is 5.33 Å². The smallest absolute Gasteiger partial charge is 0.280 e. The van der Waals surface area contributed by atoms with Crippen molar-refractivity contribution >= 4 is 33.2 Å². The zero-order valence-electron chi connectivity index (χ0n) is 6.40. The zero-order valence-corrected chi connectivity index (χ0v) is 8.74. The van der Waals surface area contributed by atoms with Gasteiger partial charge in [0.1, 0.15) is 5.69 Å². The molecule has 0 radical (unpaired) electrons. The summed E-state index contributed by atoms with van der Waals surface area (Å²) in [6, 6.07) is 1.39. The molecular weight excluding hydrogens is 265 g/mol. The highest BCUT2D eigenvalue weighted by Crippen LogP contribution is 2.27. The Morgan fingerprint density at radius 2 is 2.23 bits per heavy atom. The van der Waals surface area contributed by atoms with E-state index in [0.717, 1.165) is 0 Å². The monoisotopic (exact) mass is 270 g/mol. The number of anilines is 1. The molecule has 0 aliphatic carbocycles. The number of halogens is 4. The predicted octanol–water partition coefficient (Wildman–Crippen LogP) is 3.15. The Hall–Kier alpha value is -0.420. The number of rotatable bonds is 2. The molecule has 6 heteroatoms. The summed E-state index contributed by atoms with van der Waals surface area (Å²) in [7, 11) is 0. The minimum atomic E-state index is -2.63. The molecule has 13 heavy (non-hydrogen) atoms. The van der Waals surface area contributed by atoms with Gasteiger partial charge in [0.15, 0.2) is 5.15 Å². The van der Waals surface area contributed by atoms with Crippen molar-refractivity contribution in [3.63, 3.8) is 0 Å². The van der Waals surface area contributed by atoms with Crippen LogP contribution in [0.5, 0.6) is 0 Å². The van der Waals surface area contributed by atoms with Gasteiger partial charge in [0.05, 0.1) is 5.69 Å². The van der Waals surface area contributed by atoms with Gasteiger partial charge in [-0.05, 0) is 11.6 Å². The molecule has 2 N–H and O–H groups in total. The summed E-state index contributed by atoms with van der Waals surface area (Å²) >= 11 is 8.57. The quantitative estimate of drug-likeness (QED) is 0.663. The second-order valence-electron chi connectivity index (χ2n) is 2.35. The molecule has 72 valence electrons. The van der Waals surface area contributed by atoms with Crippen LogP contribution in [-0.2, 0) is 5.33 Å². The summed E-state index contributed by atoms with van der Waals surface area (Å²) in [4.78, 5) is 3.50. The molecule has 1 heterocycles. The van der Waals surface area contributed by atoms with Crippen LogP contribution in [-0.4, -0.2) is 4.98 Å². The van der Waals surface area contributed by atoms with Crippen LogP contribution in [0.15, 0.2) is 6.07 Å². The van der Waals surface area contributed by atoms with Crippen molar-refractivity contribution in [3.05, 3.63) is 22.5 Å². The second kappa shape index (κ2) is 4.19. The molecule has 0 amide bonds. The molecule has 1 aromatic heterocycles. The number of hydrogen-bond donors (Lipinski definition) is 1. The maximum absolute atomic E-state index is 12.3. The number of nitrogens with zero attached hydrogens (tertiary/aromatic N) is 1. The maximum Gasteiger partial charge on any atom is 0.280 e. The molecule has 0 fully saturated rings. The number of pyridine rings is 1. The van der Waals surface area contributed by atoms with Crippen molar-refractivity contribution in [1.29, 1.82) is 0 Å². The molecule has 2 nitrogen and oxygen atoms in total. The lowest BCUT2D eigenvalue weighted by atomic mass is 10.2. The van der Waals surface area contributed by atoms with Gasteiger partial charge in [-0.1, -0.05) is 27.5 Å². The Labute approximate surface area is 87.2 Å². The summed E-state index contributed by atoms with van der Waals surface area (Å²) in [5.41, 5.74) is 5.65. The molecule has 0 saturated carbocycles. The third kappa shape index (κ3) is 2.28. The molecule has 0 spiro atoms. The first-order chi connectivity index (χ1) is 6.06. The largest absolute Gasteiger partial charge is 0.396 e. The fraction of sp³-hybridized carbons (Fsp3) is 0.286. The van der Waals surface area contributed by atoms with E-state index in [2.05, 4.69) is 20.9 Å². The van der Waals surface area contributed by atoms with Crippen LogP contribution < -0.4 is 5.73 Å². The number of hydrogen-bond acceptors (Lipinski definition) is 2. The molecule has 0 unspecified atom stereocenters. The first-order valence-electron chi connectivity index (χ1n) is 3.35. The third-order valence-corrected chi connectivity index (χ3v) is 2.37. The van der Waals surface area contributed by atoms with E-state index in [1.807, 2.05) is 0 Å². The first kappa shape index (κ1) is 10.7. The average Bonchev–Trinajstić information content (AvgIpc) is 2.08. The van der Waals surface area contributed by atoms with Gasteiger partial charge >= 0.3 is 0 Å². The van der Waals surface area contributed by atoms with E-state index in [4.69, 9.17) is 17.3 Å². The summed E-state index contributed by atoms with van der Waals surface area (Å²) < 4.78 is 24.7. The lowest BCUT2D eigenvalue weighted by molar-refractivity contribution is 0.145. The van der Waals surface area contributed by atoms with Gasteiger partial charge in [-0.2, -0.15) is 0 Å². The van der Waals surface area contributed by atoms with E-state index in [0.29, 0.717) is 5.56 Å². The highest BCUT2D eigenvalue weighted by molar-refractivity contribution is 9.08. The topological polar surface area (TPSA) is 38.9 Å². The predicted molar refractivity (Wildman–Crippen MR) is 51.2 cm³/mol. The summed E-state index contributed by atoms with van der Waals surface area (Å²) in [6.07, 6.45) is -2.63. The van der Waals surface area contributed by atoms with Crippen molar-refractivity contribution in [1.82, 2.24) is 4.98 Å². The van der Waals surface area contributed by atoms with Crippen molar-refractivity contribution in [2.45, 2.75) is 11.8 Å². The Morgan fingerprint density at radius 1 is 1.62 bits per heavy atom. The Kier molecular flexibility index (Phi) is 3.44. The molecule has 0 aromatic carbocycles. The molecule has 0 atom stereocenters. The summed E-state index contributed by atoms with van der Waals surface area (Å²) in [6.45, 7) is 0. The van der Waals surface area contributed by atoms with Crippen molar-refractivity contribution in [2.75, 3.05) is 5.73 Å². The molecular formula is C7H6BrClF2N2. The van der Waals surface area contributed by atoms with Crippen LogP contribution in [0.2, 0.25) is 5.15 Å². The van der Waals surface area contributed by atoms with Crippen molar-refractivity contribution in [3.8, 4) is 0 Å².